The lowest BCUT2D eigenvalue weighted by atomic mass is 10.0. The van der Waals surface area contributed by atoms with E-state index in [1.54, 1.807) is 31.3 Å². The fourth-order valence-corrected chi connectivity index (χ4v) is 4.21. The van der Waals surface area contributed by atoms with Crippen molar-refractivity contribution in [2.75, 3.05) is 13.6 Å². The lowest BCUT2D eigenvalue weighted by Gasteiger charge is -2.20. The minimum atomic E-state index is -3.53. The molecule has 1 unspecified atom stereocenters. The lowest BCUT2D eigenvalue weighted by Crippen LogP contribution is -2.30. The first-order valence-corrected chi connectivity index (χ1v) is 10.5. The van der Waals surface area contributed by atoms with Gasteiger partial charge in [0, 0.05) is 13.6 Å². The van der Waals surface area contributed by atoms with E-state index in [-0.39, 0.29) is 11.9 Å². The first-order chi connectivity index (χ1) is 11.8. The molecule has 2 aromatic carbocycles. The summed E-state index contributed by atoms with van der Waals surface area (Å²) in [7, 11) is -1.96. The highest BCUT2D eigenvalue weighted by Crippen LogP contribution is 2.25. The molecule has 0 fully saturated rings. The molecule has 0 saturated carbocycles. The van der Waals surface area contributed by atoms with Gasteiger partial charge in [0.05, 0.1) is 10.3 Å². The van der Waals surface area contributed by atoms with Crippen molar-refractivity contribution in [1.29, 1.82) is 0 Å². The summed E-state index contributed by atoms with van der Waals surface area (Å²) in [6, 6.07) is 15.0. The molecule has 0 saturated heterocycles. The molecule has 0 aliphatic carbocycles. The Balaban J connectivity index is 2.05. The maximum atomic E-state index is 12.6. The van der Waals surface area contributed by atoms with Gasteiger partial charge in [-0.05, 0) is 43.0 Å². The Morgan fingerprint density at radius 2 is 1.64 bits per heavy atom. The van der Waals surface area contributed by atoms with Crippen LogP contribution < -0.4 is 0 Å². The maximum Gasteiger partial charge on any atom is 0.242 e. The fraction of sp³-hybridized carbons (Fsp3) is 0.400. The number of aryl methyl sites for hydroxylation is 2. The van der Waals surface area contributed by atoms with Gasteiger partial charge in [-0.2, -0.15) is 4.31 Å². The van der Waals surface area contributed by atoms with Crippen molar-refractivity contribution in [2.45, 2.75) is 43.4 Å². The van der Waals surface area contributed by atoms with Crippen LogP contribution in [0, 0.1) is 6.92 Å². The molecule has 0 spiro atoms. The van der Waals surface area contributed by atoms with Crippen LogP contribution in [0.1, 0.15) is 41.8 Å². The van der Waals surface area contributed by atoms with Crippen LogP contribution in [0.3, 0.4) is 0 Å². The van der Waals surface area contributed by atoms with Crippen LogP contribution in [0.25, 0.3) is 0 Å². The summed E-state index contributed by atoms with van der Waals surface area (Å²) in [4.78, 5) is 0.291. The number of sulfonamides is 1. The average molecular weight is 380 g/mol. The topological polar surface area (TPSA) is 37.4 Å². The number of alkyl halides is 1. The van der Waals surface area contributed by atoms with E-state index in [9.17, 15) is 8.42 Å². The van der Waals surface area contributed by atoms with Crippen molar-refractivity contribution in [3.05, 3.63) is 65.2 Å². The van der Waals surface area contributed by atoms with Gasteiger partial charge in [0.1, 0.15) is 0 Å². The van der Waals surface area contributed by atoms with Gasteiger partial charge >= 0.3 is 0 Å². The molecule has 136 valence electrons. The van der Waals surface area contributed by atoms with E-state index in [0.717, 1.165) is 17.5 Å². The van der Waals surface area contributed by atoms with Gasteiger partial charge in [-0.3, -0.25) is 0 Å². The summed E-state index contributed by atoms with van der Waals surface area (Å²) in [6.45, 7) is 4.33. The molecule has 25 heavy (non-hydrogen) atoms. The highest BCUT2D eigenvalue weighted by molar-refractivity contribution is 7.89. The summed E-state index contributed by atoms with van der Waals surface area (Å²) in [5, 5.41) is -0.384. The van der Waals surface area contributed by atoms with Gasteiger partial charge in [-0.25, -0.2) is 8.42 Å². The number of hydrogen-bond acceptors (Lipinski definition) is 2. The quantitative estimate of drug-likeness (QED) is 0.609. The van der Waals surface area contributed by atoms with Crippen LogP contribution in [-0.2, 0) is 16.4 Å². The van der Waals surface area contributed by atoms with Crippen molar-refractivity contribution in [3.63, 3.8) is 0 Å². The molecule has 1 atom stereocenters. The van der Waals surface area contributed by atoms with Crippen LogP contribution in [0.5, 0.6) is 0 Å². The molecule has 2 rings (SSSR count). The molecule has 0 bridgehead atoms. The third kappa shape index (κ3) is 5.30. The van der Waals surface area contributed by atoms with E-state index in [1.165, 1.54) is 22.7 Å². The SMILES string of the molecule is CCCCc1ccc(C(Cl)CN(C)S(=O)(=O)c2ccc(C)cc2)cc1. The van der Waals surface area contributed by atoms with Gasteiger partial charge < -0.3 is 0 Å². The normalized spacial score (nSPS) is 13.2. The minimum Gasteiger partial charge on any atom is -0.207 e. The van der Waals surface area contributed by atoms with E-state index in [2.05, 4.69) is 19.1 Å². The standard InChI is InChI=1S/C20H26ClNO2S/c1-4-5-6-17-9-11-18(12-10-17)20(21)15-22(3)25(23,24)19-13-7-16(2)8-14-19/h7-14,20H,4-6,15H2,1-3H3. The van der Waals surface area contributed by atoms with Crippen LogP contribution in [0.15, 0.2) is 53.4 Å². The van der Waals surface area contributed by atoms with Crippen LogP contribution >= 0.6 is 11.6 Å². The zero-order chi connectivity index (χ0) is 18.4. The first kappa shape index (κ1) is 20.0. The van der Waals surface area contributed by atoms with E-state index in [4.69, 9.17) is 11.6 Å². The maximum absolute atomic E-state index is 12.6. The number of hydrogen-bond donors (Lipinski definition) is 0. The number of halogens is 1. The van der Waals surface area contributed by atoms with E-state index in [0.29, 0.717) is 4.90 Å². The predicted octanol–water partition coefficient (Wildman–Crippen LogP) is 4.94. The molecule has 0 aliphatic heterocycles. The first-order valence-electron chi connectivity index (χ1n) is 8.60. The van der Waals surface area contributed by atoms with E-state index in [1.807, 2.05) is 19.1 Å². The van der Waals surface area contributed by atoms with Crippen molar-refractivity contribution in [2.24, 2.45) is 0 Å². The largest absolute Gasteiger partial charge is 0.242 e. The smallest absolute Gasteiger partial charge is 0.207 e. The van der Waals surface area contributed by atoms with Crippen LogP contribution in [0.4, 0.5) is 0 Å². The van der Waals surface area contributed by atoms with Gasteiger partial charge in [-0.15, -0.1) is 11.6 Å². The Morgan fingerprint density at radius 1 is 1.04 bits per heavy atom. The van der Waals surface area contributed by atoms with Crippen molar-refractivity contribution in [3.8, 4) is 0 Å². The Morgan fingerprint density at radius 3 is 2.20 bits per heavy atom. The molecular formula is C20H26ClNO2S. The number of unbranched alkanes of at least 4 members (excludes halogenated alkanes) is 1. The number of benzene rings is 2. The number of nitrogens with zero attached hydrogens (tertiary/aromatic N) is 1. The predicted molar refractivity (Wildman–Crippen MR) is 105 cm³/mol. The molecule has 3 nitrogen and oxygen atoms in total. The summed E-state index contributed by atoms with van der Waals surface area (Å²) in [5.74, 6) is 0. The van der Waals surface area contributed by atoms with Crippen LogP contribution in [-0.4, -0.2) is 26.3 Å². The Labute approximate surface area is 156 Å². The van der Waals surface area contributed by atoms with Gasteiger partial charge in [0.2, 0.25) is 10.0 Å². The zero-order valence-electron chi connectivity index (χ0n) is 15.1. The van der Waals surface area contributed by atoms with Gasteiger partial charge in [-0.1, -0.05) is 55.3 Å². The average Bonchev–Trinajstić information content (AvgIpc) is 2.60. The monoisotopic (exact) mass is 379 g/mol. The van der Waals surface area contributed by atoms with E-state index >= 15 is 0 Å². The van der Waals surface area contributed by atoms with Crippen molar-refractivity contribution < 1.29 is 8.42 Å². The Hall–Kier alpha value is -1.36. The zero-order valence-corrected chi connectivity index (χ0v) is 16.6. The third-order valence-corrected chi connectivity index (χ3v) is 6.53. The highest BCUT2D eigenvalue weighted by Gasteiger charge is 2.23. The van der Waals surface area contributed by atoms with Crippen LogP contribution in [0.2, 0.25) is 0 Å². The lowest BCUT2D eigenvalue weighted by molar-refractivity contribution is 0.468. The summed E-state index contributed by atoms with van der Waals surface area (Å²) >= 11 is 6.47. The molecule has 2 aromatic rings. The molecule has 0 amide bonds. The second-order valence-corrected chi connectivity index (χ2v) is 8.98. The summed E-state index contributed by atoms with van der Waals surface area (Å²) < 4.78 is 26.6. The van der Waals surface area contributed by atoms with Gasteiger partial charge in [0.25, 0.3) is 0 Å². The highest BCUT2D eigenvalue weighted by atomic mass is 35.5. The van der Waals surface area contributed by atoms with Crippen molar-refractivity contribution in [1.82, 2.24) is 4.31 Å². The van der Waals surface area contributed by atoms with Gasteiger partial charge in [0.15, 0.2) is 0 Å². The minimum absolute atomic E-state index is 0.228. The molecule has 0 aromatic heterocycles. The number of likely N-dealkylation sites (N-methyl/N-ethyl adjacent to an activating group) is 1. The third-order valence-electron chi connectivity index (χ3n) is 4.31. The summed E-state index contributed by atoms with van der Waals surface area (Å²) in [6.07, 6.45) is 3.40. The van der Waals surface area contributed by atoms with E-state index < -0.39 is 10.0 Å². The molecule has 0 aliphatic rings. The molecule has 0 N–H and O–H groups in total. The Bertz CT molecular complexity index is 770. The second-order valence-electron chi connectivity index (χ2n) is 6.41. The summed E-state index contributed by atoms with van der Waals surface area (Å²) in [5.41, 5.74) is 3.25. The second kappa shape index (κ2) is 8.84. The molecule has 0 heterocycles. The number of rotatable bonds is 8. The van der Waals surface area contributed by atoms with Crippen molar-refractivity contribution >= 4 is 21.6 Å². The fourth-order valence-electron chi connectivity index (χ4n) is 2.59. The molecule has 0 radical (unpaired) electrons. The Kier molecular flexibility index (Phi) is 7.05. The molecule has 5 heteroatoms. The molecular weight excluding hydrogens is 354 g/mol.